The smallest absolute Gasteiger partial charge is 0.169 e. The van der Waals surface area contributed by atoms with E-state index in [2.05, 4.69) is 20.9 Å². The molecule has 3 aromatic rings. The van der Waals surface area contributed by atoms with Crippen molar-refractivity contribution in [1.82, 2.24) is 4.98 Å². The summed E-state index contributed by atoms with van der Waals surface area (Å²) in [5.41, 5.74) is 9.58. The van der Waals surface area contributed by atoms with E-state index in [4.69, 9.17) is 11.1 Å². The Kier molecular flexibility index (Phi) is 4.05. The molecule has 0 aliphatic rings. The van der Waals surface area contributed by atoms with Gasteiger partial charge >= 0.3 is 0 Å². The number of hydrogen-bond acceptors (Lipinski definition) is 2. The minimum Gasteiger partial charge on any atom is -0.384 e. The van der Waals surface area contributed by atoms with E-state index in [1.165, 1.54) is 0 Å². The Labute approximate surface area is 142 Å². The Morgan fingerprint density at radius 3 is 2.57 bits per heavy atom. The number of benzene rings is 2. The zero-order valence-electron chi connectivity index (χ0n) is 12.6. The van der Waals surface area contributed by atoms with Gasteiger partial charge in [-0.2, -0.15) is 0 Å². The van der Waals surface area contributed by atoms with Crippen molar-refractivity contribution in [3.63, 3.8) is 0 Å². The third-order valence-corrected chi connectivity index (χ3v) is 4.35. The average Bonchev–Trinajstić information content (AvgIpc) is 2.83. The number of ketones is 1. The summed E-state index contributed by atoms with van der Waals surface area (Å²) in [6, 6.07) is 13.1. The number of rotatable bonds is 4. The molecule has 0 spiro atoms. The molecule has 2 aromatic carbocycles. The third kappa shape index (κ3) is 3.05. The lowest BCUT2D eigenvalue weighted by atomic mass is 9.99. The molecular formula is C18H16BrN3O. The summed E-state index contributed by atoms with van der Waals surface area (Å²) in [7, 11) is 0. The molecule has 23 heavy (non-hydrogen) atoms. The fourth-order valence-electron chi connectivity index (χ4n) is 2.73. The number of aromatic amines is 1. The van der Waals surface area contributed by atoms with Crippen LogP contribution in [-0.2, 0) is 6.42 Å². The Balaban J connectivity index is 1.93. The highest BCUT2D eigenvalue weighted by atomic mass is 79.9. The van der Waals surface area contributed by atoms with Gasteiger partial charge in [0.25, 0.3) is 0 Å². The fourth-order valence-corrected chi connectivity index (χ4v) is 3.10. The lowest BCUT2D eigenvalue weighted by Gasteiger charge is -2.04. The predicted molar refractivity (Wildman–Crippen MR) is 96.2 cm³/mol. The Hall–Kier alpha value is -2.40. The van der Waals surface area contributed by atoms with Gasteiger partial charge in [0.2, 0.25) is 0 Å². The number of nitrogens with two attached hydrogens (primary N) is 1. The molecule has 4 nitrogen and oxygen atoms in total. The number of hydrogen-bond donors (Lipinski definition) is 3. The van der Waals surface area contributed by atoms with Gasteiger partial charge in [0, 0.05) is 38.6 Å². The number of aromatic nitrogens is 1. The minimum absolute atomic E-state index is 0.0280. The molecule has 0 atom stereocenters. The fraction of sp³-hybridized carbons (Fsp3) is 0.111. The number of Topliss-reactive ketones (excluding diaryl/α,β-unsaturated/α-hetero) is 1. The lowest BCUT2D eigenvalue weighted by Crippen LogP contribution is -2.11. The molecule has 116 valence electrons. The maximum atomic E-state index is 12.7. The Morgan fingerprint density at radius 1 is 1.22 bits per heavy atom. The van der Waals surface area contributed by atoms with Crippen molar-refractivity contribution in [1.29, 1.82) is 5.41 Å². The monoisotopic (exact) mass is 369 g/mol. The molecule has 0 saturated carbocycles. The topological polar surface area (TPSA) is 82.7 Å². The average molecular weight is 370 g/mol. The van der Waals surface area contributed by atoms with Gasteiger partial charge in [0.1, 0.15) is 5.84 Å². The maximum Gasteiger partial charge on any atom is 0.169 e. The predicted octanol–water partition coefficient (Wildman–Crippen LogP) is 3.95. The molecule has 4 N–H and O–H groups in total. The van der Waals surface area contributed by atoms with Crippen LogP contribution in [0.15, 0.2) is 46.9 Å². The number of carbonyl (C=O) groups excluding carboxylic acids is 1. The number of amidine groups is 1. The van der Waals surface area contributed by atoms with Crippen LogP contribution >= 0.6 is 15.9 Å². The second-order valence-electron chi connectivity index (χ2n) is 5.53. The van der Waals surface area contributed by atoms with Crippen molar-refractivity contribution in [2.45, 2.75) is 13.3 Å². The van der Waals surface area contributed by atoms with Crippen LogP contribution in [0.1, 0.15) is 27.2 Å². The van der Waals surface area contributed by atoms with Gasteiger partial charge in [-0.15, -0.1) is 0 Å². The van der Waals surface area contributed by atoms with Crippen LogP contribution in [0.5, 0.6) is 0 Å². The summed E-state index contributed by atoms with van der Waals surface area (Å²) in [6.07, 6.45) is 0.318. The lowest BCUT2D eigenvalue weighted by molar-refractivity contribution is 0.0994. The molecule has 0 amide bonds. The summed E-state index contributed by atoms with van der Waals surface area (Å²) in [6.45, 7) is 1.92. The molecule has 0 unspecified atom stereocenters. The first-order valence-corrected chi connectivity index (χ1v) is 7.99. The largest absolute Gasteiger partial charge is 0.384 e. The third-order valence-electron chi connectivity index (χ3n) is 3.86. The van der Waals surface area contributed by atoms with Gasteiger partial charge in [0.05, 0.1) is 0 Å². The number of nitrogens with one attached hydrogen (secondary N) is 2. The van der Waals surface area contributed by atoms with Crippen molar-refractivity contribution in [3.05, 3.63) is 69.3 Å². The van der Waals surface area contributed by atoms with Crippen LogP contribution in [-0.4, -0.2) is 16.6 Å². The minimum atomic E-state index is 0.0280. The van der Waals surface area contributed by atoms with Crippen LogP contribution < -0.4 is 5.73 Å². The zero-order valence-corrected chi connectivity index (χ0v) is 14.2. The number of carbonyl (C=O) groups is 1. The highest BCUT2D eigenvalue weighted by molar-refractivity contribution is 9.10. The number of nitrogen functional groups attached to an aromatic ring is 1. The summed E-state index contributed by atoms with van der Waals surface area (Å²) in [4.78, 5) is 16.0. The molecule has 0 aliphatic carbocycles. The van der Waals surface area contributed by atoms with Crippen LogP contribution in [0.4, 0.5) is 0 Å². The molecule has 0 saturated heterocycles. The van der Waals surface area contributed by atoms with Crippen LogP contribution in [0.25, 0.3) is 10.9 Å². The van der Waals surface area contributed by atoms with E-state index in [9.17, 15) is 4.79 Å². The molecular weight excluding hydrogens is 354 g/mol. The van der Waals surface area contributed by atoms with E-state index in [0.717, 1.165) is 32.2 Å². The second kappa shape index (κ2) is 6.01. The molecule has 5 heteroatoms. The summed E-state index contributed by atoms with van der Waals surface area (Å²) in [5.74, 6) is 0.0997. The first-order valence-electron chi connectivity index (χ1n) is 7.20. The molecule has 0 radical (unpaired) electrons. The number of fused-ring (bicyclic) bond motifs is 1. The molecule has 0 aliphatic heterocycles. The van der Waals surface area contributed by atoms with Crippen molar-refractivity contribution in [2.75, 3.05) is 0 Å². The summed E-state index contributed by atoms with van der Waals surface area (Å²) >= 11 is 3.46. The second-order valence-corrected chi connectivity index (χ2v) is 6.44. The van der Waals surface area contributed by atoms with Crippen molar-refractivity contribution < 1.29 is 4.79 Å². The summed E-state index contributed by atoms with van der Waals surface area (Å²) < 4.78 is 0.948. The van der Waals surface area contributed by atoms with Gasteiger partial charge < -0.3 is 10.7 Å². The van der Waals surface area contributed by atoms with Gasteiger partial charge in [-0.05, 0) is 30.7 Å². The zero-order chi connectivity index (χ0) is 16.6. The van der Waals surface area contributed by atoms with E-state index in [-0.39, 0.29) is 11.6 Å². The summed E-state index contributed by atoms with van der Waals surface area (Å²) in [5, 5.41) is 8.33. The van der Waals surface area contributed by atoms with Crippen molar-refractivity contribution >= 4 is 38.5 Å². The van der Waals surface area contributed by atoms with Crippen LogP contribution in [0.3, 0.4) is 0 Å². The van der Waals surface area contributed by atoms with Gasteiger partial charge in [-0.1, -0.05) is 40.2 Å². The molecule has 0 fully saturated rings. The van der Waals surface area contributed by atoms with Crippen LogP contribution in [0, 0.1) is 12.3 Å². The van der Waals surface area contributed by atoms with E-state index < -0.39 is 0 Å². The number of halogens is 1. The Bertz CT molecular complexity index is 910. The van der Waals surface area contributed by atoms with Crippen molar-refractivity contribution in [3.8, 4) is 0 Å². The molecule has 1 aromatic heterocycles. The van der Waals surface area contributed by atoms with Crippen molar-refractivity contribution in [2.24, 2.45) is 5.73 Å². The van der Waals surface area contributed by atoms with E-state index in [1.54, 1.807) is 12.1 Å². The van der Waals surface area contributed by atoms with E-state index in [1.807, 2.05) is 37.3 Å². The molecule has 0 bridgehead atoms. The van der Waals surface area contributed by atoms with Crippen LogP contribution in [0.2, 0.25) is 0 Å². The normalized spacial score (nSPS) is 10.9. The Morgan fingerprint density at radius 2 is 1.91 bits per heavy atom. The van der Waals surface area contributed by atoms with Gasteiger partial charge in [0.15, 0.2) is 5.78 Å². The SMILES string of the molecule is Cc1[nH]c2ccc(Br)cc2c1C(=O)Cc1ccc(C(=N)N)cc1. The first kappa shape index (κ1) is 15.5. The quantitative estimate of drug-likeness (QED) is 0.369. The van der Waals surface area contributed by atoms with E-state index in [0.29, 0.717) is 12.0 Å². The van der Waals surface area contributed by atoms with E-state index >= 15 is 0 Å². The highest BCUT2D eigenvalue weighted by Crippen LogP contribution is 2.26. The van der Waals surface area contributed by atoms with Gasteiger partial charge in [-0.25, -0.2) is 0 Å². The van der Waals surface area contributed by atoms with Gasteiger partial charge in [-0.3, -0.25) is 10.2 Å². The first-order chi connectivity index (χ1) is 11.0. The standard InChI is InChI=1S/C18H16BrN3O/c1-10-17(14-9-13(19)6-7-15(14)22-10)16(23)8-11-2-4-12(5-3-11)18(20)21/h2-7,9,22H,8H2,1H3,(H3,20,21). The molecule has 3 rings (SSSR count). The number of H-pyrrole nitrogens is 1. The maximum absolute atomic E-state index is 12.7. The number of aryl methyl sites for hydroxylation is 1. The molecule has 1 heterocycles. The highest BCUT2D eigenvalue weighted by Gasteiger charge is 2.16.